The molecule has 0 spiro atoms. The Bertz CT molecular complexity index is 1090. The van der Waals surface area contributed by atoms with E-state index in [1.165, 1.54) is 0 Å². The first-order valence-electron chi connectivity index (χ1n) is 10.5. The second kappa shape index (κ2) is 8.34. The number of halogens is 1. The fraction of sp³-hybridized carbons (Fsp3) is 0.455. The number of H-pyrrole nitrogens is 1. The molecule has 164 valence electrons. The zero-order chi connectivity index (χ0) is 22.3. The van der Waals surface area contributed by atoms with E-state index >= 15 is 0 Å². The van der Waals surface area contributed by atoms with Gasteiger partial charge in [-0.05, 0) is 42.9 Å². The molecule has 4 rings (SSSR count). The average Bonchev–Trinajstić information content (AvgIpc) is 2.69. The Morgan fingerprint density at radius 1 is 1.23 bits per heavy atom. The lowest BCUT2D eigenvalue weighted by Gasteiger charge is -2.35. The first-order chi connectivity index (χ1) is 14.7. The van der Waals surface area contributed by atoms with Gasteiger partial charge in [0.25, 0.3) is 5.56 Å². The van der Waals surface area contributed by atoms with E-state index in [4.69, 9.17) is 11.6 Å². The Kier molecular flexibility index (Phi) is 5.75. The van der Waals surface area contributed by atoms with E-state index in [1.807, 2.05) is 4.90 Å². The molecule has 2 aliphatic rings. The number of nitrogens with zero attached hydrogens (tertiary/aromatic N) is 2. The van der Waals surface area contributed by atoms with Gasteiger partial charge in [0.1, 0.15) is 5.82 Å². The number of hydrogen-bond acceptors (Lipinski definition) is 5. The standard InChI is InChI=1S/C22H26ClN5O3/c1-11-7-12(2)10-28(9-11)22-26-19-18(21(31)27-22)14(8-17(29)25-19)20(30)24-16-6-4-5-15(23)13(16)3/h4-6,11-12,14H,7-10H2,1-3H3,(H,24,30)(H2,25,26,27,29,31)/t11-,12+,14-/m0/s1. The lowest BCUT2D eigenvalue weighted by atomic mass is 9.91. The van der Waals surface area contributed by atoms with E-state index < -0.39 is 17.4 Å². The molecular weight excluding hydrogens is 418 g/mol. The number of carbonyl (C=O) groups excluding carboxylic acids is 2. The SMILES string of the molecule is Cc1c(Cl)cccc1NC(=O)[C@H]1CC(=O)Nc2nc(N3C[C@H](C)C[C@H](C)C3)[nH]c(=O)c21. The summed E-state index contributed by atoms with van der Waals surface area (Å²) in [5.41, 5.74) is 1.03. The van der Waals surface area contributed by atoms with Crippen LogP contribution in [0.5, 0.6) is 0 Å². The van der Waals surface area contributed by atoms with Crippen molar-refractivity contribution in [2.75, 3.05) is 28.6 Å². The molecule has 1 aromatic heterocycles. The molecule has 2 aromatic rings. The molecule has 31 heavy (non-hydrogen) atoms. The van der Waals surface area contributed by atoms with Crippen LogP contribution in [-0.2, 0) is 9.59 Å². The fourth-order valence-corrected chi connectivity index (χ4v) is 4.71. The summed E-state index contributed by atoms with van der Waals surface area (Å²) in [6, 6.07) is 5.19. The fourth-order valence-electron chi connectivity index (χ4n) is 4.53. The predicted octanol–water partition coefficient (Wildman–Crippen LogP) is 3.28. The molecule has 2 amide bonds. The lowest BCUT2D eigenvalue weighted by molar-refractivity contribution is -0.123. The Balaban J connectivity index is 1.66. The van der Waals surface area contributed by atoms with Gasteiger partial charge in [0.15, 0.2) is 0 Å². The van der Waals surface area contributed by atoms with Crippen LogP contribution < -0.4 is 21.1 Å². The Morgan fingerprint density at radius 2 is 1.94 bits per heavy atom. The van der Waals surface area contributed by atoms with Crippen molar-refractivity contribution < 1.29 is 9.59 Å². The van der Waals surface area contributed by atoms with Crippen LogP contribution in [0.4, 0.5) is 17.5 Å². The first-order valence-corrected chi connectivity index (χ1v) is 10.9. The molecule has 1 aromatic carbocycles. The zero-order valence-electron chi connectivity index (χ0n) is 17.8. The van der Waals surface area contributed by atoms with Crippen molar-refractivity contribution in [3.63, 3.8) is 0 Å². The number of anilines is 3. The number of piperidine rings is 1. The number of rotatable bonds is 3. The van der Waals surface area contributed by atoms with Gasteiger partial charge in [-0.25, -0.2) is 0 Å². The minimum Gasteiger partial charge on any atom is -0.342 e. The van der Waals surface area contributed by atoms with Gasteiger partial charge in [0.05, 0.1) is 11.5 Å². The van der Waals surface area contributed by atoms with Gasteiger partial charge in [-0.2, -0.15) is 4.98 Å². The van der Waals surface area contributed by atoms with Gasteiger partial charge in [-0.1, -0.05) is 31.5 Å². The predicted molar refractivity (Wildman–Crippen MR) is 121 cm³/mol. The van der Waals surface area contributed by atoms with Crippen LogP contribution in [0.15, 0.2) is 23.0 Å². The van der Waals surface area contributed by atoms with Crippen LogP contribution in [0.2, 0.25) is 5.02 Å². The van der Waals surface area contributed by atoms with Crippen LogP contribution in [-0.4, -0.2) is 34.9 Å². The number of carbonyl (C=O) groups is 2. The van der Waals surface area contributed by atoms with Gasteiger partial charge in [0.2, 0.25) is 17.8 Å². The van der Waals surface area contributed by atoms with E-state index in [9.17, 15) is 14.4 Å². The van der Waals surface area contributed by atoms with E-state index in [0.717, 1.165) is 19.5 Å². The number of benzene rings is 1. The minimum atomic E-state index is -0.938. The molecule has 2 aliphatic heterocycles. The average molecular weight is 444 g/mol. The second-order valence-electron chi connectivity index (χ2n) is 8.71. The maximum atomic E-state index is 13.0. The van der Waals surface area contributed by atoms with Crippen LogP contribution in [0.25, 0.3) is 0 Å². The van der Waals surface area contributed by atoms with Gasteiger partial charge in [-0.3, -0.25) is 19.4 Å². The van der Waals surface area contributed by atoms with Crippen molar-refractivity contribution in [3.05, 3.63) is 44.7 Å². The lowest BCUT2D eigenvalue weighted by Crippen LogP contribution is -2.42. The van der Waals surface area contributed by atoms with Crippen molar-refractivity contribution >= 4 is 40.9 Å². The summed E-state index contributed by atoms with van der Waals surface area (Å²) < 4.78 is 0. The largest absolute Gasteiger partial charge is 0.342 e. The number of aromatic amines is 1. The van der Waals surface area contributed by atoms with Crippen LogP contribution >= 0.6 is 11.6 Å². The quantitative estimate of drug-likeness (QED) is 0.674. The summed E-state index contributed by atoms with van der Waals surface area (Å²) in [4.78, 5) is 47.8. The van der Waals surface area contributed by atoms with Gasteiger partial charge in [-0.15, -0.1) is 0 Å². The molecular formula is C22H26ClN5O3. The van der Waals surface area contributed by atoms with Gasteiger partial charge in [0, 0.05) is 30.2 Å². The second-order valence-corrected chi connectivity index (χ2v) is 9.12. The first kappa shape index (κ1) is 21.4. The summed E-state index contributed by atoms with van der Waals surface area (Å²) in [5.74, 6) is -0.204. The van der Waals surface area contributed by atoms with Crippen molar-refractivity contribution in [2.45, 2.75) is 39.5 Å². The number of nitrogens with one attached hydrogen (secondary N) is 3. The molecule has 0 radical (unpaired) electrons. The number of amides is 2. The number of fused-ring (bicyclic) bond motifs is 1. The molecule has 8 nitrogen and oxygen atoms in total. The highest BCUT2D eigenvalue weighted by molar-refractivity contribution is 6.31. The molecule has 3 atom stereocenters. The van der Waals surface area contributed by atoms with Gasteiger partial charge >= 0.3 is 0 Å². The maximum absolute atomic E-state index is 13.0. The number of hydrogen-bond donors (Lipinski definition) is 3. The normalized spacial score (nSPS) is 23.2. The molecule has 9 heteroatoms. The van der Waals surface area contributed by atoms with Crippen LogP contribution in [0, 0.1) is 18.8 Å². The van der Waals surface area contributed by atoms with Crippen molar-refractivity contribution in [3.8, 4) is 0 Å². The van der Waals surface area contributed by atoms with Crippen LogP contribution in [0.1, 0.15) is 43.7 Å². The number of aromatic nitrogens is 2. The molecule has 1 fully saturated rings. The minimum absolute atomic E-state index is 0.125. The summed E-state index contributed by atoms with van der Waals surface area (Å²) in [6.07, 6.45) is 0.994. The molecule has 3 N–H and O–H groups in total. The van der Waals surface area contributed by atoms with E-state index in [2.05, 4.69) is 34.4 Å². The highest BCUT2D eigenvalue weighted by Gasteiger charge is 2.36. The highest BCUT2D eigenvalue weighted by atomic mass is 35.5. The summed E-state index contributed by atoms with van der Waals surface area (Å²) in [7, 11) is 0. The van der Waals surface area contributed by atoms with Crippen molar-refractivity contribution in [2.24, 2.45) is 11.8 Å². The van der Waals surface area contributed by atoms with E-state index in [-0.39, 0.29) is 23.7 Å². The molecule has 0 aliphatic carbocycles. The third-order valence-corrected chi connectivity index (χ3v) is 6.36. The smallest absolute Gasteiger partial charge is 0.258 e. The van der Waals surface area contributed by atoms with E-state index in [1.54, 1.807) is 25.1 Å². The summed E-state index contributed by atoms with van der Waals surface area (Å²) in [5, 5.41) is 6.00. The molecule has 0 bridgehead atoms. The maximum Gasteiger partial charge on any atom is 0.258 e. The Hall–Kier alpha value is -2.87. The van der Waals surface area contributed by atoms with Gasteiger partial charge < -0.3 is 15.5 Å². The topological polar surface area (TPSA) is 107 Å². The third kappa shape index (κ3) is 4.30. The highest BCUT2D eigenvalue weighted by Crippen LogP contribution is 2.32. The van der Waals surface area contributed by atoms with Crippen LogP contribution in [0.3, 0.4) is 0 Å². The Labute approximate surface area is 185 Å². The third-order valence-electron chi connectivity index (χ3n) is 5.95. The summed E-state index contributed by atoms with van der Waals surface area (Å²) >= 11 is 6.14. The summed E-state index contributed by atoms with van der Waals surface area (Å²) in [6.45, 7) is 7.68. The van der Waals surface area contributed by atoms with Crippen molar-refractivity contribution in [1.82, 2.24) is 9.97 Å². The molecule has 3 heterocycles. The van der Waals surface area contributed by atoms with E-state index in [0.29, 0.717) is 34.1 Å². The monoisotopic (exact) mass is 443 g/mol. The Morgan fingerprint density at radius 3 is 2.65 bits per heavy atom. The molecule has 0 saturated carbocycles. The van der Waals surface area contributed by atoms with Crippen molar-refractivity contribution in [1.29, 1.82) is 0 Å². The molecule has 0 unspecified atom stereocenters. The molecule has 1 saturated heterocycles. The zero-order valence-corrected chi connectivity index (χ0v) is 18.5.